The number of aromatic nitrogens is 7. The summed E-state index contributed by atoms with van der Waals surface area (Å²) in [6.07, 6.45) is 3.93. The Hall–Kier alpha value is -3.10. The van der Waals surface area contributed by atoms with Gasteiger partial charge in [0.25, 0.3) is 0 Å². The van der Waals surface area contributed by atoms with Crippen LogP contribution in [0.4, 0.5) is 0 Å². The van der Waals surface area contributed by atoms with E-state index in [0.29, 0.717) is 17.9 Å². The zero-order chi connectivity index (χ0) is 16.1. The highest BCUT2D eigenvalue weighted by atomic mass is 16.5. The summed E-state index contributed by atoms with van der Waals surface area (Å²) < 4.78 is 8.48. The summed E-state index contributed by atoms with van der Waals surface area (Å²) in [6, 6.07) is 6.89. The van der Waals surface area contributed by atoms with Crippen LogP contribution in [0.15, 0.2) is 36.9 Å². The maximum atomic E-state index is 12.1. The molecule has 0 aliphatic carbocycles. The van der Waals surface area contributed by atoms with Crippen molar-refractivity contribution in [1.29, 1.82) is 0 Å². The fourth-order valence-electron chi connectivity index (χ4n) is 2.02. The third kappa shape index (κ3) is 3.39. The Bertz CT molecular complexity index is 765. The Morgan fingerprint density at radius 2 is 2.09 bits per heavy atom. The molecule has 3 aromatic rings. The zero-order valence-corrected chi connectivity index (χ0v) is 12.5. The molecule has 0 unspecified atom stereocenters. The van der Waals surface area contributed by atoms with Gasteiger partial charge in [0, 0.05) is 6.54 Å². The third-order valence-corrected chi connectivity index (χ3v) is 3.16. The van der Waals surface area contributed by atoms with Crippen LogP contribution in [0.25, 0.3) is 5.69 Å². The zero-order valence-electron chi connectivity index (χ0n) is 12.5. The number of benzene rings is 1. The van der Waals surface area contributed by atoms with Crippen molar-refractivity contribution in [2.24, 2.45) is 0 Å². The molecular formula is C14H15N7O2. The predicted molar refractivity (Wildman–Crippen MR) is 78.6 cm³/mol. The minimum Gasteiger partial charge on any atom is -0.454 e. The Morgan fingerprint density at radius 1 is 1.26 bits per heavy atom. The molecule has 0 spiro atoms. The number of ether oxygens (including phenoxy) is 1. The van der Waals surface area contributed by atoms with Crippen molar-refractivity contribution in [3.63, 3.8) is 0 Å². The van der Waals surface area contributed by atoms with E-state index in [2.05, 4.69) is 25.6 Å². The SMILES string of the molecule is CCCn1nnnc1COC(=O)c1ccc(-n2cncn2)cc1. The maximum Gasteiger partial charge on any atom is 0.338 e. The van der Waals surface area contributed by atoms with Crippen LogP contribution < -0.4 is 0 Å². The fourth-order valence-corrected chi connectivity index (χ4v) is 2.02. The Kier molecular flexibility index (Phi) is 4.37. The van der Waals surface area contributed by atoms with Gasteiger partial charge >= 0.3 is 5.97 Å². The highest BCUT2D eigenvalue weighted by Crippen LogP contribution is 2.10. The second-order valence-corrected chi connectivity index (χ2v) is 4.78. The van der Waals surface area contributed by atoms with Crippen molar-refractivity contribution in [2.45, 2.75) is 26.5 Å². The van der Waals surface area contributed by atoms with Gasteiger partial charge in [0.05, 0.1) is 11.3 Å². The second kappa shape index (κ2) is 6.77. The molecule has 0 saturated carbocycles. The molecule has 9 nitrogen and oxygen atoms in total. The summed E-state index contributed by atoms with van der Waals surface area (Å²) in [5, 5.41) is 15.3. The van der Waals surface area contributed by atoms with Gasteiger partial charge < -0.3 is 4.74 Å². The smallest absolute Gasteiger partial charge is 0.338 e. The van der Waals surface area contributed by atoms with Gasteiger partial charge in [0.2, 0.25) is 0 Å². The Morgan fingerprint density at radius 3 is 2.78 bits per heavy atom. The molecule has 23 heavy (non-hydrogen) atoms. The normalized spacial score (nSPS) is 10.7. The lowest BCUT2D eigenvalue weighted by Gasteiger charge is -2.06. The quantitative estimate of drug-likeness (QED) is 0.626. The minimum atomic E-state index is -0.429. The van der Waals surface area contributed by atoms with Gasteiger partial charge in [-0.3, -0.25) is 0 Å². The second-order valence-electron chi connectivity index (χ2n) is 4.78. The van der Waals surface area contributed by atoms with Crippen LogP contribution in [0.3, 0.4) is 0 Å². The van der Waals surface area contributed by atoms with E-state index in [1.165, 1.54) is 6.33 Å². The van der Waals surface area contributed by atoms with E-state index in [0.717, 1.165) is 12.1 Å². The summed E-state index contributed by atoms with van der Waals surface area (Å²) in [5.41, 5.74) is 1.26. The molecule has 0 saturated heterocycles. The molecule has 1 aromatic carbocycles. The number of hydrogen-bond donors (Lipinski definition) is 0. The number of carbonyl (C=O) groups excluding carboxylic acids is 1. The largest absolute Gasteiger partial charge is 0.454 e. The molecule has 2 heterocycles. The molecule has 118 valence electrons. The van der Waals surface area contributed by atoms with Crippen molar-refractivity contribution in [2.75, 3.05) is 0 Å². The first kappa shape index (κ1) is 14.8. The first-order valence-corrected chi connectivity index (χ1v) is 7.15. The topological polar surface area (TPSA) is 101 Å². The summed E-state index contributed by atoms with van der Waals surface area (Å²) in [4.78, 5) is 15.9. The number of esters is 1. The molecule has 0 atom stereocenters. The van der Waals surface area contributed by atoms with Crippen LogP contribution in [0.2, 0.25) is 0 Å². The van der Waals surface area contributed by atoms with E-state index in [4.69, 9.17) is 4.74 Å². The van der Waals surface area contributed by atoms with Gasteiger partial charge in [-0.15, -0.1) is 5.10 Å². The molecule has 0 aliphatic heterocycles. The summed E-state index contributed by atoms with van der Waals surface area (Å²) in [7, 11) is 0. The van der Waals surface area contributed by atoms with Crippen LogP contribution in [0.5, 0.6) is 0 Å². The van der Waals surface area contributed by atoms with E-state index in [1.807, 2.05) is 6.92 Å². The van der Waals surface area contributed by atoms with Crippen LogP contribution in [-0.4, -0.2) is 40.9 Å². The molecule has 2 aromatic heterocycles. The third-order valence-electron chi connectivity index (χ3n) is 3.16. The van der Waals surface area contributed by atoms with E-state index in [9.17, 15) is 4.79 Å². The Balaban J connectivity index is 1.63. The monoisotopic (exact) mass is 313 g/mol. The molecule has 9 heteroatoms. The molecular weight excluding hydrogens is 298 g/mol. The van der Waals surface area contributed by atoms with Gasteiger partial charge in [-0.25, -0.2) is 19.1 Å². The predicted octanol–water partition coefficient (Wildman–Crippen LogP) is 1.02. The van der Waals surface area contributed by atoms with E-state index >= 15 is 0 Å². The minimum absolute atomic E-state index is 0.0384. The molecule has 0 radical (unpaired) electrons. The van der Waals surface area contributed by atoms with Crippen LogP contribution >= 0.6 is 0 Å². The number of aryl methyl sites for hydroxylation is 1. The van der Waals surface area contributed by atoms with Crippen molar-refractivity contribution in [1.82, 2.24) is 35.0 Å². The van der Waals surface area contributed by atoms with Gasteiger partial charge in [0.1, 0.15) is 12.7 Å². The molecule has 0 N–H and O–H groups in total. The summed E-state index contributed by atoms with van der Waals surface area (Å²) in [5.74, 6) is 0.0978. The first-order chi connectivity index (χ1) is 11.3. The van der Waals surface area contributed by atoms with Crippen LogP contribution in [0, 0.1) is 0 Å². The molecule has 0 aliphatic rings. The number of carbonyl (C=O) groups is 1. The lowest BCUT2D eigenvalue weighted by Crippen LogP contribution is -2.11. The summed E-state index contributed by atoms with van der Waals surface area (Å²) in [6.45, 7) is 2.75. The molecule has 0 amide bonds. The summed E-state index contributed by atoms with van der Waals surface area (Å²) >= 11 is 0. The van der Waals surface area contributed by atoms with E-state index in [-0.39, 0.29) is 6.61 Å². The van der Waals surface area contributed by atoms with E-state index < -0.39 is 5.97 Å². The van der Waals surface area contributed by atoms with Crippen molar-refractivity contribution >= 4 is 5.97 Å². The molecule has 0 fully saturated rings. The van der Waals surface area contributed by atoms with Crippen molar-refractivity contribution < 1.29 is 9.53 Å². The molecule has 0 bridgehead atoms. The maximum absolute atomic E-state index is 12.1. The van der Waals surface area contributed by atoms with E-state index in [1.54, 1.807) is 40.0 Å². The van der Waals surface area contributed by atoms with Crippen LogP contribution in [0.1, 0.15) is 29.5 Å². The number of hydrogen-bond acceptors (Lipinski definition) is 7. The van der Waals surface area contributed by atoms with Gasteiger partial charge in [-0.1, -0.05) is 6.92 Å². The standard InChI is InChI=1S/C14H15N7O2/c1-2-7-20-13(17-18-19-20)8-23-14(22)11-3-5-12(6-4-11)21-10-15-9-16-21/h3-6,9-10H,2,7-8H2,1H3. The lowest BCUT2D eigenvalue weighted by atomic mass is 10.2. The highest BCUT2D eigenvalue weighted by molar-refractivity contribution is 5.89. The fraction of sp³-hybridized carbons (Fsp3) is 0.286. The number of tetrazole rings is 1. The lowest BCUT2D eigenvalue weighted by molar-refractivity contribution is 0.0456. The highest BCUT2D eigenvalue weighted by Gasteiger charge is 2.11. The van der Waals surface area contributed by atoms with Gasteiger partial charge in [-0.2, -0.15) is 5.10 Å². The van der Waals surface area contributed by atoms with Crippen LogP contribution in [-0.2, 0) is 17.9 Å². The molecule has 3 rings (SSSR count). The van der Waals surface area contributed by atoms with Crippen molar-refractivity contribution in [3.05, 3.63) is 48.3 Å². The van der Waals surface area contributed by atoms with Crippen molar-refractivity contribution in [3.8, 4) is 5.69 Å². The number of rotatable bonds is 6. The average Bonchev–Trinajstić information content (AvgIpc) is 3.25. The Labute approximate surface area is 131 Å². The number of nitrogens with zero attached hydrogens (tertiary/aromatic N) is 7. The average molecular weight is 313 g/mol. The first-order valence-electron chi connectivity index (χ1n) is 7.15. The van der Waals surface area contributed by atoms with Gasteiger partial charge in [0.15, 0.2) is 12.4 Å². The van der Waals surface area contributed by atoms with Gasteiger partial charge in [-0.05, 0) is 41.1 Å².